The second kappa shape index (κ2) is 5.42. The van der Waals surface area contributed by atoms with Crippen molar-refractivity contribution in [2.75, 3.05) is 39.4 Å². The lowest BCUT2D eigenvalue weighted by molar-refractivity contribution is -0.179. The molecule has 2 saturated heterocycles. The van der Waals surface area contributed by atoms with Crippen molar-refractivity contribution in [1.29, 1.82) is 0 Å². The van der Waals surface area contributed by atoms with Crippen LogP contribution < -0.4 is 0 Å². The quantitative estimate of drug-likeness (QED) is 0.747. The van der Waals surface area contributed by atoms with E-state index in [1.165, 1.54) is 8.61 Å². The zero-order chi connectivity index (χ0) is 13.2. The fraction of sp³-hybridized carbons (Fsp3) is 1.00. The molecular weight excluding hydrogens is 256 g/mol. The van der Waals surface area contributed by atoms with E-state index in [0.717, 1.165) is 12.8 Å². The van der Waals surface area contributed by atoms with Crippen LogP contribution >= 0.6 is 0 Å². The van der Waals surface area contributed by atoms with Gasteiger partial charge in [0.05, 0.1) is 19.8 Å². The summed E-state index contributed by atoms with van der Waals surface area (Å²) < 4.78 is 39.0. The summed E-state index contributed by atoms with van der Waals surface area (Å²) >= 11 is 0. The Morgan fingerprint density at radius 1 is 1.22 bits per heavy atom. The molecule has 0 amide bonds. The van der Waals surface area contributed by atoms with Crippen molar-refractivity contribution in [3.63, 3.8) is 0 Å². The molecule has 0 radical (unpaired) electrons. The number of nitrogens with zero attached hydrogens (tertiary/aromatic N) is 2. The molecule has 0 aromatic carbocycles. The number of ether oxygens (including phenoxy) is 2. The summed E-state index contributed by atoms with van der Waals surface area (Å²) in [7, 11) is -3.38. The van der Waals surface area contributed by atoms with Gasteiger partial charge in [-0.1, -0.05) is 13.8 Å². The minimum absolute atomic E-state index is 0.311. The lowest BCUT2D eigenvalue weighted by Gasteiger charge is -2.39. The third-order valence-corrected chi connectivity index (χ3v) is 5.69. The average molecular weight is 278 g/mol. The standard InChI is InChI=1S/C11H22N2O4S/c1-3-12(4-2)18(14,15)13-7-5-6-11(10-13)16-8-9-17-11/h3-10H2,1-2H3. The van der Waals surface area contributed by atoms with E-state index in [1.54, 1.807) is 0 Å². The highest BCUT2D eigenvalue weighted by molar-refractivity contribution is 7.86. The van der Waals surface area contributed by atoms with Gasteiger partial charge in [0.1, 0.15) is 0 Å². The molecule has 2 aliphatic rings. The second-order valence-electron chi connectivity index (χ2n) is 4.64. The lowest BCUT2D eigenvalue weighted by atomic mass is 10.1. The third-order valence-electron chi connectivity index (χ3n) is 3.55. The summed E-state index contributed by atoms with van der Waals surface area (Å²) in [6.07, 6.45) is 1.55. The van der Waals surface area contributed by atoms with E-state index in [1.807, 2.05) is 13.8 Å². The first-order valence-electron chi connectivity index (χ1n) is 6.57. The van der Waals surface area contributed by atoms with Gasteiger partial charge in [-0.3, -0.25) is 0 Å². The topological polar surface area (TPSA) is 59.1 Å². The molecule has 106 valence electrons. The van der Waals surface area contributed by atoms with Crippen LogP contribution in [0.2, 0.25) is 0 Å². The molecule has 1 spiro atoms. The molecule has 0 atom stereocenters. The van der Waals surface area contributed by atoms with Crippen molar-refractivity contribution in [3.05, 3.63) is 0 Å². The second-order valence-corrected chi connectivity index (χ2v) is 6.57. The first kappa shape index (κ1) is 14.2. The first-order valence-corrected chi connectivity index (χ1v) is 7.97. The molecule has 0 unspecified atom stereocenters. The Morgan fingerprint density at radius 3 is 2.39 bits per heavy atom. The molecule has 0 bridgehead atoms. The molecule has 0 aromatic heterocycles. The van der Waals surface area contributed by atoms with Crippen LogP contribution in [0.25, 0.3) is 0 Å². The summed E-state index contributed by atoms with van der Waals surface area (Å²) in [5.74, 6) is -0.696. The third kappa shape index (κ3) is 2.55. The van der Waals surface area contributed by atoms with E-state index in [4.69, 9.17) is 9.47 Å². The Balaban J connectivity index is 2.13. The molecule has 18 heavy (non-hydrogen) atoms. The van der Waals surface area contributed by atoms with Crippen LogP contribution in [0.1, 0.15) is 26.7 Å². The van der Waals surface area contributed by atoms with Crippen molar-refractivity contribution in [2.45, 2.75) is 32.5 Å². The van der Waals surface area contributed by atoms with Crippen LogP contribution in [0, 0.1) is 0 Å². The Kier molecular flexibility index (Phi) is 4.28. The summed E-state index contributed by atoms with van der Waals surface area (Å²) in [4.78, 5) is 0. The van der Waals surface area contributed by atoms with Crippen molar-refractivity contribution in [3.8, 4) is 0 Å². The van der Waals surface area contributed by atoms with Crippen LogP contribution in [0.4, 0.5) is 0 Å². The van der Waals surface area contributed by atoms with Crippen molar-refractivity contribution < 1.29 is 17.9 Å². The number of rotatable bonds is 4. The fourth-order valence-corrected chi connectivity index (χ4v) is 4.29. The van der Waals surface area contributed by atoms with E-state index < -0.39 is 16.0 Å². The van der Waals surface area contributed by atoms with E-state index >= 15 is 0 Å². The molecule has 0 saturated carbocycles. The van der Waals surface area contributed by atoms with Crippen LogP contribution in [0.5, 0.6) is 0 Å². The average Bonchev–Trinajstić information content (AvgIpc) is 2.78. The van der Waals surface area contributed by atoms with Crippen LogP contribution in [0.15, 0.2) is 0 Å². The van der Waals surface area contributed by atoms with E-state index in [-0.39, 0.29) is 0 Å². The van der Waals surface area contributed by atoms with Crippen molar-refractivity contribution >= 4 is 10.2 Å². The number of piperidine rings is 1. The zero-order valence-corrected chi connectivity index (χ0v) is 11.9. The maximum atomic E-state index is 12.4. The highest BCUT2D eigenvalue weighted by Crippen LogP contribution is 2.31. The molecule has 2 heterocycles. The zero-order valence-electron chi connectivity index (χ0n) is 11.1. The first-order chi connectivity index (χ1) is 8.54. The van der Waals surface area contributed by atoms with Crippen molar-refractivity contribution in [1.82, 2.24) is 8.61 Å². The molecular formula is C11H22N2O4S. The highest BCUT2D eigenvalue weighted by Gasteiger charge is 2.44. The van der Waals surface area contributed by atoms with Gasteiger partial charge in [0, 0.05) is 26.1 Å². The van der Waals surface area contributed by atoms with Gasteiger partial charge in [0.15, 0.2) is 5.79 Å². The minimum atomic E-state index is -3.38. The molecule has 2 rings (SSSR count). The van der Waals surface area contributed by atoms with Gasteiger partial charge in [-0.25, -0.2) is 0 Å². The summed E-state index contributed by atoms with van der Waals surface area (Å²) in [5, 5.41) is 0. The number of hydrogen-bond acceptors (Lipinski definition) is 4. The molecule has 0 N–H and O–H groups in total. The molecule has 0 aliphatic carbocycles. The predicted octanol–water partition coefficient (Wildman–Crippen LogP) is 0.412. The Labute approximate surface area is 109 Å². The van der Waals surface area contributed by atoms with Gasteiger partial charge < -0.3 is 9.47 Å². The monoisotopic (exact) mass is 278 g/mol. The Hall–Kier alpha value is -0.210. The van der Waals surface area contributed by atoms with E-state index in [9.17, 15) is 8.42 Å². The molecule has 2 fully saturated rings. The normalized spacial score (nSPS) is 25.1. The van der Waals surface area contributed by atoms with Gasteiger partial charge in [0.2, 0.25) is 0 Å². The number of hydrogen-bond donors (Lipinski definition) is 0. The maximum Gasteiger partial charge on any atom is 0.282 e. The molecule has 6 nitrogen and oxygen atoms in total. The van der Waals surface area contributed by atoms with Crippen molar-refractivity contribution in [2.24, 2.45) is 0 Å². The van der Waals surface area contributed by atoms with Crippen LogP contribution in [0.3, 0.4) is 0 Å². The Bertz CT molecular complexity index is 375. The largest absolute Gasteiger partial charge is 0.346 e. The van der Waals surface area contributed by atoms with Gasteiger partial charge >= 0.3 is 0 Å². The Morgan fingerprint density at radius 2 is 1.83 bits per heavy atom. The smallest absolute Gasteiger partial charge is 0.282 e. The van der Waals surface area contributed by atoms with Gasteiger partial charge in [-0.15, -0.1) is 0 Å². The summed E-state index contributed by atoms with van der Waals surface area (Å²) in [6.45, 7) is 6.65. The summed E-state index contributed by atoms with van der Waals surface area (Å²) in [6, 6.07) is 0. The van der Waals surface area contributed by atoms with E-state index in [2.05, 4.69) is 0 Å². The lowest BCUT2D eigenvalue weighted by Crippen LogP contribution is -2.54. The van der Waals surface area contributed by atoms with Crippen LogP contribution in [-0.4, -0.2) is 62.2 Å². The van der Waals surface area contributed by atoms with Gasteiger partial charge in [-0.05, 0) is 6.42 Å². The molecule has 2 aliphatic heterocycles. The highest BCUT2D eigenvalue weighted by atomic mass is 32.2. The molecule has 0 aromatic rings. The van der Waals surface area contributed by atoms with Gasteiger partial charge in [0.25, 0.3) is 10.2 Å². The molecule has 7 heteroatoms. The van der Waals surface area contributed by atoms with E-state index in [0.29, 0.717) is 39.4 Å². The maximum absolute atomic E-state index is 12.4. The summed E-state index contributed by atoms with van der Waals surface area (Å²) in [5.41, 5.74) is 0. The fourth-order valence-electron chi connectivity index (χ4n) is 2.59. The minimum Gasteiger partial charge on any atom is -0.346 e. The van der Waals surface area contributed by atoms with Gasteiger partial charge in [-0.2, -0.15) is 17.0 Å². The predicted molar refractivity (Wildman–Crippen MR) is 67.3 cm³/mol. The van der Waals surface area contributed by atoms with Crippen LogP contribution in [-0.2, 0) is 19.7 Å². The SMILES string of the molecule is CCN(CC)S(=O)(=O)N1CCCC2(C1)OCCO2.